The van der Waals surface area contributed by atoms with E-state index in [0.29, 0.717) is 13.0 Å². The Balaban J connectivity index is 2.04. The van der Waals surface area contributed by atoms with Gasteiger partial charge in [-0.1, -0.05) is 62.4 Å². The summed E-state index contributed by atoms with van der Waals surface area (Å²) in [6.07, 6.45) is 3.82. The minimum Gasteiger partial charge on any atom is -0.487 e. The Bertz CT molecular complexity index is 1120. The molecular weight excluding hydrogens is 452 g/mol. The topological polar surface area (TPSA) is 87.2 Å². The normalized spacial score (nSPS) is 21.2. The molecule has 2 aromatic carbocycles. The van der Waals surface area contributed by atoms with Gasteiger partial charge >= 0.3 is 0 Å². The molecule has 2 aromatic rings. The van der Waals surface area contributed by atoms with Crippen LogP contribution in [0.4, 0.5) is 0 Å². The van der Waals surface area contributed by atoms with E-state index in [9.17, 15) is 18.3 Å². The van der Waals surface area contributed by atoms with Crippen LogP contribution in [0.5, 0.6) is 5.75 Å². The minimum absolute atomic E-state index is 0.00849. The van der Waals surface area contributed by atoms with Gasteiger partial charge in [0.15, 0.2) is 0 Å². The summed E-state index contributed by atoms with van der Waals surface area (Å²) in [5, 5.41) is 9.75. The molecule has 1 aliphatic heterocycles. The van der Waals surface area contributed by atoms with Crippen LogP contribution in [0.3, 0.4) is 0 Å². The number of hydrogen-bond donors (Lipinski definition) is 1. The molecule has 0 aliphatic carbocycles. The highest BCUT2D eigenvalue weighted by Crippen LogP contribution is 2.34. The van der Waals surface area contributed by atoms with Gasteiger partial charge in [-0.05, 0) is 30.2 Å². The van der Waals surface area contributed by atoms with Crippen LogP contribution in [0.25, 0.3) is 12.2 Å². The Morgan fingerprint density at radius 2 is 1.88 bits per heavy atom. The molecule has 34 heavy (non-hydrogen) atoms. The molecule has 7 nitrogen and oxygen atoms in total. The number of amides is 1. The van der Waals surface area contributed by atoms with Gasteiger partial charge in [-0.25, -0.2) is 8.42 Å². The van der Waals surface area contributed by atoms with E-state index in [1.165, 1.54) is 4.31 Å². The fourth-order valence-electron chi connectivity index (χ4n) is 3.96. The highest BCUT2D eigenvalue weighted by Gasteiger charge is 2.38. The van der Waals surface area contributed by atoms with Gasteiger partial charge in [-0.2, -0.15) is 4.31 Å². The number of carbonyl (C=O) groups excluding carboxylic acids is 1. The lowest BCUT2D eigenvalue weighted by atomic mass is 10.0. The zero-order chi connectivity index (χ0) is 24.9. The highest BCUT2D eigenvalue weighted by atomic mass is 32.2. The standard InChI is InChI=1S/C26H34N2O5S/c1-5-26(30)27(4)17-24-19(2)16-28(20(3)18-29)34(31,32)25-14-13-22(15-23(25)33-24)12-11-21-9-7-6-8-10-21/h6-15,19-20,24,29H,5,16-18H2,1-4H3/b12-11+/t19-,20-,24-/m0/s1. The van der Waals surface area contributed by atoms with Gasteiger partial charge in [0.05, 0.1) is 13.2 Å². The number of fused-ring (bicyclic) bond motifs is 1. The number of likely N-dealkylation sites (N-methyl/N-ethyl adjacent to an activating group) is 1. The molecule has 0 fully saturated rings. The fourth-order valence-corrected chi connectivity index (χ4v) is 5.79. The van der Waals surface area contributed by atoms with E-state index in [1.807, 2.05) is 49.4 Å². The second kappa shape index (κ2) is 11.2. The Morgan fingerprint density at radius 1 is 1.21 bits per heavy atom. The van der Waals surface area contributed by atoms with Gasteiger partial charge in [0.2, 0.25) is 15.9 Å². The fraction of sp³-hybridized carbons (Fsp3) is 0.423. The molecule has 3 atom stereocenters. The van der Waals surface area contributed by atoms with Gasteiger partial charge in [-0.15, -0.1) is 0 Å². The summed E-state index contributed by atoms with van der Waals surface area (Å²) in [4.78, 5) is 13.9. The lowest BCUT2D eigenvalue weighted by Gasteiger charge is -2.37. The smallest absolute Gasteiger partial charge is 0.247 e. The molecule has 1 aliphatic rings. The first-order valence-electron chi connectivity index (χ1n) is 11.6. The monoisotopic (exact) mass is 486 g/mol. The zero-order valence-electron chi connectivity index (χ0n) is 20.2. The lowest BCUT2D eigenvalue weighted by Crippen LogP contribution is -2.50. The lowest BCUT2D eigenvalue weighted by molar-refractivity contribution is -0.131. The van der Waals surface area contributed by atoms with Crippen LogP contribution in [0, 0.1) is 5.92 Å². The number of aliphatic hydroxyl groups is 1. The molecule has 3 rings (SSSR count). The summed E-state index contributed by atoms with van der Waals surface area (Å²) in [5.74, 6) is 0.0256. The molecule has 0 saturated heterocycles. The Morgan fingerprint density at radius 3 is 2.53 bits per heavy atom. The molecule has 8 heteroatoms. The van der Waals surface area contributed by atoms with Crippen molar-refractivity contribution in [2.45, 2.75) is 44.2 Å². The van der Waals surface area contributed by atoms with Gasteiger partial charge in [0.25, 0.3) is 0 Å². The van der Waals surface area contributed by atoms with Crippen molar-refractivity contribution in [3.8, 4) is 5.75 Å². The van der Waals surface area contributed by atoms with E-state index >= 15 is 0 Å². The molecule has 0 bridgehead atoms. The number of rotatable bonds is 7. The first kappa shape index (κ1) is 25.9. The maximum atomic E-state index is 13.5. The SMILES string of the molecule is CCC(=O)N(C)C[C@@H]1Oc2cc(/C=C/c3ccccc3)ccc2S(=O)(=O)N([C@@H](C)CO)C[C@@H]1C. The van der Waals surface area contributed by atoms with Crippen molar-refractivity contribution in [1.29, 1.82) is 0 Å². The van der Waals surface area contributed by atoms with E-state index in [2.05, 4.69) is 0 Å². The summed E-state index contributed by atoms with van der Waals surface area (Å²) in [5.41, 5.74) is 1.82. The van der Waals surface area contributed by atoms with Crippen LogP contribution in [0.15, 0.2) is 53.4 Å². The summed E-state index contributed by atoms with van der Waals surface area (Å²) >= 11 is 0. The summed E-state index contributed by atoms with van der Waals surface area (Å²) in [6, 6.07) is 14.2. The van der Waals surface area contributed by atoms with Crippen LogP contribution >= 0.6 is 0 Å². The molecule has 1 heterocycles. The third-order valence-corrected chi connectivity index (χ3v) is 8.16. The molecule has 0 spiro atoms. The van der Waals surface area contributed by atoms with Crippen LogP contribution in [-0.4, -0.2) is 67.5 Å². The first-order chi connectivity index (χ1) is 16.2. The van der Waals surface area contributed by atoms with Crippen molar-refractivity contribution >= 4 is 28.1 Å². The average molecular weight is 487 g/mol. The van der Waals surface area contributed by atoms with Gasteiger partial charge in [0.1, 0.15) is 16.7 Å². The second-order valence-corrected chi connectivity index (χ2v) is 10.7. The number of benzene rings is 2. The first-order valence-corrected chi connectivity index (χ1v) is 13.0. The Hall–Kier alpha value is -2.68. The van der Waals surface area contributed by atoms with Crippen LogP contribution in [-0.2, 0) is 14.8 Å². The summed E-state index contributed by atoms with van der Waals surface area (Å²) < 4.78 is 34.7. The zero-order valence-corrected chi connectivity index (χ0v) is 21.0. The van der Waals surface area contributed by atoms with Gasteiger partial charge in [0, 0.05) is 32.0 Å². The summed E-state index contributed by atoms with van der Waals surface area (Å²) in [6.45, 7) is 5.62. The van der Waals surface area contributed by atoms with E-state index < -0.39 is 22.2 Å². The average Bonchev–Trinajstić information content (AvgIpc) is 2.84. The number of nitrogens with zero attached hydrogens (tertiary/aromatic N) is 2. The molecule has 0 saturated carbocycles. The quantitative estimate of drug-likeness (QED) is 0.606. The minimum atomic E-state index is -3.90. The predicted molar refractivity (Wildman–Crippen MR) is 134 cm³/mol. The molecule has 1 N–H and O–H groups in total. The molecule has 0 radical (unpaired) electrons. The van der Waals surface area contributed by atoms with Crippen molar-refractivity contribution in [3.05, 3.63) is 59.7 Å². The predicted octanol–water partition coefficient (Wildman–Crippen LogP) is 3.49. The van der Waals surface area contributed by atoms with Gasteiger partial charge in [-0.3, -0.25) is 4.79 Å². The van der Waals surface area contributed by atoms with E-state index in [-0.39, 0.29) is 35.6 Å². The molecule has 0 aromatic heterocycles. The van der Waals surface area contributed by atoms with Crippen LogP contribution < -0.4 is 4.74 Å². The molecule has 1 amide bonds. The van der Waals surface area contributed by atoms with Gasteiger partial charge < -0.3 is 14.7 Å². The largest absolute Gasteiger partial charge is 0.487 e. The number of carbonyl (C=O) groups is 1. The van der Waals surface area contributed by atoms with Crippen molar-refractivity contribution in [1.82, 2.24) is 9.21 Å². The van der Waals surface area contributed by atoms with Crippen molar-refractivity contribution in [2.24, 2.45) is 5.92 Å². The van der Waals surface area contributed by atoms with Crippen molar-refractivity contribution in [3.63, 3.8) is 0 Å². The maximum Gasteiger partial charge on any atom is 0.247 e. The number of ether oxygens (including phenoxy) is 1. The molecule has 184 valence electrons. The molecule has 0 unspecified atom stereocenters. The van der Waals surface area contributed by atoms with E-state index in [1.54, 1.807) is 44.0 Å². The number of aliphatic hydroxyl groups excluding tert-OH is 1. The van der Waals surface area contributed by atoms with Crippen molar-refractivity contribution in [2.75, 3.05) is 26.7 Å². The molecular formula is C26H34N2O5S. The highest BCUT2D eigenvalue weighted by molar-refractivity contribution is 7.89. The number of hydrogen-bond acceptors (Lipinski definition) is 5. The third-order valence-electron chi connectivity index (χ3n) is 6.14. The van der Waals surface area contributed by atoms with Crippen molar-refractivity contribution < 1.29 is 23.1 Å². The Labute approximate surface area is 202 Å². The third kappa shape index (κ3) is 5.87. The number of sulfonamides is 1. The van der Waals surface area contributed by atoms with E-state index in [0.717, 1.165) is 11.1 Å². The second-order valence-electron chi connectivity index (χ2n) is 8.82. The van der Waals surface area contributed by atoms with Crippen LogP contribution in [0.2, 0.25) is 0 Å². The Kier molecular flexibility index (Phi) is 8.52. The maximum absolute atomic E-state index is 13.5. The van der Waals surface area contributed by atoms with E-state index in [4.69, 9.17) is 4.74 Å². The van der Waals surface area contributed by atoms with Crippen LogP contribution in [0.1, 0.15) is 38.3 Å². The summed E-state index contributed by atoms with van der Waals surface area (Å²) in [7, 11) is -2.17.